The van der Waals surface area contributed by atoms with Crippen LogP contribution in [-0.2, 0) is 0 Å². The summed E-state index contributed by atoms with van der Waals surface area (Å²) in [6.07, 6.45) is 0.311. The Balaban J connectivity index is 3.31. The highest BCUT2D eigenvalue weighted by Crippen LogP contribution is 2.01. The van der Waals surface area contributed by atoms with Gasteiger partial charge in [0.05, 0.1) is 0 Å². The summed E-state index contributed by atoms with van der Waals surface area (Å²) >= 11 is 5.30. The maximum absolute atomic E-state index is 8.20. The minimum atomic E-state index is -0.606. The number of hydrogen-bond donors (Lipinski definition) is 1. The Hall–Kier alpha value is -0.440. The van der Waals surface area contributed by atoms with Gasteiger partial charge in [0, 0.05) is 11.5 Å². The predicted molar refractivity (Wildman–Crippen MR) is 30.5 cm³/mol. The number of halogens is 1. The molecule has 5 heteroatoms. The van der Waals surface area contributed by atoms with Crippen LogP contribution in [0.4, 0.5) is 0 Å². The third-order valence-corrected chi connectivity index (χ3v) is 0.850. The molecule has 0 aliphatic heterocycles. The van der Waals surface area contributed by atoms with Crippen molar-refractivity contribution in [3.63, 3.8) is 0 Å². The molecule has 4 nitrogen and oxygen atoms in total. The molecule has 0 aliphatic rings. The third-order valence-electron chi connectivity index (χ3n) is 0.544. The van der Waals surface area contributed by atoms with E-state index >= 15 is 0 Å². The molecule has 0 aromatic rings. The second-order valence-electron chi connectivity index (χ2n) is 1.15. The van der Waals surface area contributed by atoms with E-state index in [4.69, 9.17) is 22.2 Å². The Morgan fingerprint density at radius 1 is 1.88 bits per heavy atom. The van der Waals surface area contributed by atoms with Crippen LogP contribution in [0.2, 0.25) is 0 Å². The maximum atomic E-state index is 8.20. The standard InChI is InChI=1S/C3H6ClN3O/c4-3(1-2-8)6-7-5/h3,8H,1-2H2. The van der Waals surface area contributed by atoms with E-state index in [0.29, 0.717) is 6.42 Å². The van der Waals surface area contributed by atoms with Crippen LogP contribution in [0.3, 0.4) is 0 Å². The van der Waals surface area contributed by atoms with Gasteiger partial charge in [0.1, 0.15) is 5.50 Å². The lowest BCUT2D eigenvalue weighted by molar-refractivity contribution is 0.287. The van der Waals surface area contributed by atoms with Crippen molar-refractivity contribution >= 4 is 11.6 Å². The largest absolute Gasteiger partial charge is 0.396 e. The molecule has 0 rings (SSSR count). The smallest absolute Gasteiger partial charge is 0.114 e. The third kappa shape index (κ3) is 3.74. The summed E-state index contributed by atoms with van der Waals surface area (Å²) in [5, 5.41) is 11.3. The number of hydrogen-bond acceptors (Lipinski definition) is 2. The van der Waals surface area contributed by atoms with Crippen molar-refractivity contribution in [2.24, 2.45) is 5.11 Å². The zero-order valence-corrected chi connectivity index (χ0v) is 4.91. The van der Waals surface area contributed by atoms with Gasteiger partial charge >= 0.3 is 0 Å². The van der Waals surface area contributed by atoms with Gasteiger partial charge in [-0.25, -0.2) is 0 Å². The first-order valence-electron chi connectivity index (χ1n) is 2.10. The molecule has 0 aliphatic carbocycles. The first kappa shape index (κ1) is 7.56. The number of aliphatic hydroxyl groups is 1. The highest BCUT2D eigenvalue weighted by Gasteiger charge is 1.96. The molecule has 0 amide bonds. The van der Waals surface area contributed by atoms with E-state index < -0.39 is 5.50 Å². The lowest BCUT2D eigenvalue weighted by Crippen LogP contribution is -1.94. The minimum Gasteiger partial charge on any atom is -0.396 e. The van der Waals surface area contributed by atoms with E-state index in [1.165, 1.54) is 0 Å². The number of nitrogens with zero attached hydrogens (tertiary/aromatic N) is 3. The fourth-order valence-corrected chi connectivity index (χ4v) is 0.357. The first-order valence-corrected chi connectivity index (χ1v) is 2.54. The van der Waals surface area contributed by atoms with Gasteiger partial charge in [0.25, 0.3) is 0 Å². The molecule has 1 atom stereocenters. The van der Waals surface area contributed by atoms with E-state index in [1.54, 1.807) is 0 Å². The van der Waals surface area contributed by atoms with E-state index in [2.05, 4.69) is 10.0 Å². The average Bonchev–Trinajstić information content (AvgIpc) is 1.68. The van der Waals surface area contributed by atoms with E-state index in [0.717, 1.165) is 0 Å². The summed E-state index contributed by atoms with van der Waals surface area (Å²) in [6.45, 7) is -0.0484. The average molecular weight is 136 g/mol. The van der Waals surface area contributed by atoms with Crippen LogP contribution >= 0.6 is 11.6 Å². The summed E-state index contributed by atoms with van der Waals surface area (Å²) < 4.78 is 0. The van der Waals surface area contributed by atoms with Crippen LogP contribution in [0.5, 0.6) is 0 Å². The second-order valence-corrected chi connectivity index (χ2v) is 1.66. The fraction of sp³-hybridized carbons (Fsp3) is 1.00. The van der Waals surface area contributed by atoms with Gasteiger partial charge in [-0.1, -0.05) is 5.11 Å². The summed E-state index contributed by atoms with van der Waals surface area (Å²) in [6, 6.07) is 0. The van der Waals surface area contributed by atoms with Gasteiger partial charge in [-0.3, -0.25) is 0 Å². The SMILES string of the molecule is [N-]=[N+]=NC(Cl)CCO. The first-order chi connectivity index (χ1) is 3.81. The quantitative estimate of drug-likeness (QED) is 0.204. The molecule has 0 radical (unpaired) electrons. The van der Waals surface area contributed by atoms with E-state index in [-0.39, 0.29) is 6.61 Å². The Morgan fingerprint density at radius 3 is 2.88 bits per heavy atom. The molecule has 0 aromatic carbocycles. The Kier molecular flexibility index (Phi) is 4.45. The predicted octanol–water partition coefficient (Wildman–Crippen LogP) is 1.24. The highest BCUT2D eigenvalue weighted by atomic mass is 35.5. The van der Waals surface area contributed by atoms with Gasteiger partial charge in [0.2, 0.25) is 0 Å². The number of azide groups is 1. The van der Waals surface area contributed by atoms with Crippen LogP contribution < -0.4 is 0 Å². The topological polar surface area (TPSA) is 69.0 Å². The molecule has 0 fully saturated rings. The summed E-state index contributed by atoms with van der Waals surface area (Å²) in [7, 11) is 0. The van der Waals surface area contributed by atoms with Crippen LogP contribution in [-0.4, -0.2) is 17.2 Å². The maximum Gasteiger partial charge on any atom is 0.114 e. The molecule has 0 bridgehead atoms. The molecular formula is C3H6ClN3O. The monoisotopic (exact) mass is 135 g/mol. The number of rotatable bonds is 3. The summed E-state index contributed by atoms with van der Waals surface area (Å²) in [5.74, 6) is 0. The second kappa shape index (κ2) is 4.71. The van der Waals surface area contributed by atoms with Gasteiger partial charge in [-0.2, -0.15) is 0 Å². The zero-order chi connectivity index (χ0) is 6.41. The molecule has 0 heterocycles. The van der Waals surface area contributed by atoms with Crippen molar-refractivity contribution in [1.82, 2.24) is 0 Å². The van der Waals surface area contributed by atoms with Crippen LogP contribution in [0.15, 0.2) is 5.11 Å². The van der Waals surface area contributed by atoms with Gasteiger partial charge in [0.15, 0.2) is 0 Å². The van der Waals surface area contributed by atoms with Crippen molar-refractivity contribution in [3.05, 3.63) is 10.4 Å². The molecule has 1 N–H and O–H groups in total. The number of alkyl halides is 1. The van der Waals surface area contributed by atoms with E-state index in [9.17, 15) is 0 Å². The zero-order valence-electron chi connectivity index (χ0n) is 4.16. The molecule has 1 unspecified atom stereocenters. The van der Waals surface area contributed by atoms with Gasteiger partial charge < -0.3 is 5.11 Å². The Morgan fingerprint density at radius 2 is 2.50 bits per heavy atom. The fourth-order valence-electron chi connectivity index (χ4n) is 0.220. The Labute approximate surface area is 51.7 Å². The van der Waals surface area contributed by atoms with Gasteiger partial charge in [-0.05, 0) is 12.0 Å². The molecule has 46 valence electrons. The summed E-state index contributed by atoms with van der Waals surface area (Å²) in [4.78, 5) is 2.44. The molecule has 8 heavy (non-hydrogen) atoms. The van der Waals surface area contributed by atoms with Crippen molar-refractivity contribution < 1.29 is 5.11 Å². The van der Waals surface area contributed by atoms with E-state index in [1.807, 2.05) is 0 Å². The lowest BCUT2D eigenvalue weighted by atomic mass is 10.5. The van der Waals surface area contributed by atoms with Crippen molar-refractivity contribution in [2.75, 3.05) is 6.61 Å². The van der Waals surface area contributed by atoms with Crippen LogP contribution in [0, 0.1) is 0 Å². The summed E-state index contributed by atoms with van der Waals surface area (Å²) in [5.41, 5.74) is 7.15. The van der Waals surface area contributed by atoms with Crippen LogP contribution in [0.25, 0.3) is 10.4 Å². The normalized spacial score (nSPS) is 12.2. The highest BCUT2D eigenvalue weighted by molar-refractivity contribution is 6.20. The lowest BCUT2D eigenvalue weighted by Gasteiger charge is -1.93. The van der Waals surface area contributed by atoms with Crippen molar-refractivity contribution in [3.8, 4) is 0 Å². The molecule has 0 aromatic heterocycles. The molecule has 0 saturated heterocycles. The van der Waals surface area contributed by atoms with Crippen molar-refractivity contribution in [1.29, 1.82) is 0 Å². The van der Waals surface area contributed by atoms with Gasteiger partial charge in [-0.15, -0.1) is 11.6 Å². The Bertz CT molecular complexity index is 101. The minimum absolute atomic E-state index is 0.0484. The van der Waals surface area contributed by atoms with Crippen molar-refractivity contribution in [2.45, 2.75) is 11.9 Å². The molecular weight excluding hydrogens is 130 g/mol. The molecule has 0 spiro atoms. The van der Waals surface area contributed by atoms with Crippen LogP contribution in [0.1, 0.15) is 6.42 Å². The number of aliphatic hydroxyl groups excluding tert-OH is 1. The molecule has 0 saturated carbocycles.